The summed E-state index contributed by atoms with van der Waals surface area (Å²) in [5.74, 6) is 2.23. The molecule has 0 radical (unpaired) electrons. The Labute approximate surface area is 155 Å². The molecule has 5 heterocycles. The second kappa shape index (κ2) is 6.10. The molecule has 0 aliphatic carbocycles. The highest BCUT2D eigenvalue weighted by atomic mass is 15.3. The Balaban J connectivity index is 1.56. The molecule has 2 aromatic rings. The van der Waals surface area contributed by atoms with Gasteiger partial charge < -0.3 is 4.90 Å². The van der Waals surface area contributed by atoms with Crippen LogP contribution >= 0.6 is 0 Å². The van der Waals surface area contributed by atoms with Crippen molar-refractivity contribution in [3.05, 3.63) is 59.3 Å². The zero-order valence-corrected chi connectivity index (χ0v) is 15.2. The fourth-order valence-electron chi connectivity index (χ4n) is 5.43. The summed E-state index contributed by atoms with van der Waals surface area (Å²) in [5.41, 5.74) is 3.46. The summed E-state index contributed by atoms with van der Waals surface area (Å²) in [6.45, 7) is 5.60. The third-order valence-electron chi connectivity index (χ3n) is 6.67. The summed E-state index contributed by atoms with van der Waals surface area (Å²) in [6.07, 6.45) is 4.36. The largest absolute Gasteiger partial charge is 0.351 e. The summed E-state index contributed by atoms with van der Waals surface area (Å²) in [7, 11) is 0. The van der Waals surface area contributed by atoms with Crippen LogP contribution in [0.4, 0.5) is 5.82 Å². The first-order valence-electron chi connectivity index (χ1n) is 9.68. The topological polar surface area (TPSA) is 43.2 Å². The van der Waals surface area contributed by atoms with Gasteiger partial charge in [0.15, 0.2) is 0 Å². The van der Waals surface area contributed by atoms with E-state index in [1.165, 1.54) is 37.1 Å². The van der Waals surface area contributed by atoms with Gasteiger partial charge in [-0.2, -0.15) is 5.26 Å². The van der Waals surface area contributed by atoms with E-state index in [1.54, 1.807) is 12.3 Å². The molecular formula is C22H24N4. The first-order chi connectivity index (χ1) is 12.7. The molecule has 1 aromatic heterocycles. The maximum Gasteiger partial charge on any atom is 0.130 e. The van der Waals surface area contributed by atoms with Crippen LogP contribution in [0.25, 0.3) is 0 Å². The van der Waals surface area contributed by atoms with Gasteiger partial charge in [-0.1, -0.05) is 29.8 Å². The first-order valence-corrected chi connectivity index (χ1v) is 9.68. The second-order valence-corrected chi connectivity index (χ2v) is 8.04. The van der Waals surface area contributed by atoms with Crippen molar-refractivity contribution >= 4 is 5.82 Å². The van der Waals surface area contributed by atoms with Gasteiger partial charge in [0.25, 0.3) is 0 Å². The Kier molecular flexibility index (Phi) is 3.72. The molecule has 4 aliphatic heterocycles. The number of nitriles is 1. The Morgan fingerprint density at radius 3 is 2.58 bits per heavy atom. The van der Waals surface area contributed by atoms with Gasteiger partial charge in [0.05, 0.1) is 11.6 Å². The van der Waals surface area contributed by atoms with Crippen LogP contribution in [0.5, 0.6) is 0 Å². The molecule has 4 fully saturated rings. The van der Waals surface area contributed by atoms with Crippen LogP contribution in [-0.4, -0.2) is 41.6 Å². The third kappa shape index (κ3) is 2.42. The molecule has 3 atom stereocenters. The molecule has 4 heteroatoms. The van der Waals surface area contributed by atoms with Gasteiger partial charge in [0, 0.05) is 30.7 Å². The molecule has 2 bridgehead atoms. The Morgan fingerprint density at radius 2 is 1.85 bits per heavy atom. The molecule has 0 N–H and O–H groups in total. The number of rotatable bonds is 2. The smallest absolute Gasteiger partial charge is 0.130 e. The highest BCUT2D eigenvalue weighted by molar-refractivity contribution is 5.50. The van der Waals surface area contributed by atoms with E-state index >= 15 is 0 Å². The van der Waals surface area contributed by atoms with Crippen molar-refractivity contribution in [2.45, 2.75) is 37.8 Å². The van der Waals surface area contributed by atoms with Gasteiger partial charge in [-0.25, -0.2) is 4.98 Å². The molecular weight excluding hydrogens is 320 g/mol. The third-order valence-corrected chi connectivity index (χ3v) is 6.67. The van der Waals surface area contributed by atoms with Crippen molar-refractivity contribution in [2.75, 3.05) is 24.5 Å². The van der Waals surface area contributed by atoms with E-state index in [0.29, 0.717) is 23.6 Å². The summed E-state index contributed by atoms with van der Waals surface area (Å²) in [4.78, 5) is 9.86. The van der Waals surface area contributed by atoms with Gasteiger partial charge in [-0.15, -0.1) is 0 Å². The van der Waals surface area contributed by atoms with Gasteiger partial charge in [-0.3, -0.25) is 4.90 Å². The van der Waals surface area contributed by atoms with Gasteiger partial charge >= 0.3 is 0 Å². The number of nitrogens with zero attached hydrogens (tertiary/aromatic N) is 4. The standard InChI is InChI=1S/C22H24N4/c1-15-2-4-17(5-3-15)19-14-26(20-12-16(13-23)6-9-24-20)21-18-7-10-25(11-8-18)22(19)21/h2-6,9,12,18-19,21-22H,7-8,10-11,14H2,1H3/t19-,21-,22-/m0/s1. The van der Waals surface area contributed by atoms with Crippen molar-refractivity contribution in [3.8, 4) is 6.07 Å². The normalized spacial score (nSPS) is 32.3. The number of anilines is 1. The van der Waals surface area contributed by atoms with Gasteiger partial charge in [-0.05, 0) is 56.5 Å². The number of fused-ring (bicyclic) bond motifs is 2. The molecule has 0 spiro atoms. The second-order valence-electron chi connectivity index (χ2n) is 8.04. The lowest BCUT2D eigenvalue weighted by Gasteiger charge is -2.51. The van der Waals surface area contributed by atoms with Crippen LogP contribution in [0, 0.1) is 24.2 Å². The average Bonchev–Trinajstić information content (AvgIpc) is 3.12. The molecule has 4 aliphatic rings. The lowest BCUT2D eigenvalue weighted by Crippen LogP contribution is -2.60. The molecule has 0 saturated carbocycles. The quantitative estimate of drug-likeness (QED) is 0.838. The van der Waals surface area contributed by atoms with Crippen LogP contribution in [-0.2, 0) is 0 Å². The van der Waals surface area contributed by atoms with Gasteiger partial charge in [0.2, 0.25) is 0 Å². The summed E-state index contributed by atoms with van der Waals surface area (Å²) < 4.78 is 0. The fraction of sp³-hybridized carbons (Fsp3) is 0.455. The maximum atomic E-state index is 9.29. The Hall–Kier alpha value is -2.38. The average molecular weight is 344 g/mol. The van der Waals surface area contributed by atoms with E-state index < -0.39 is 0 Å². The number of benzene rings is 1. The number of hydrogen-bond acceptors (Lipinski definition) is 4. The van der Waals surface area contributed by atoms with E-state index in [1.807, 2.05) is 6.07 Å². The zero-order chi connectivity index (χ0) is 17.7. The zero-order valence-electron chi connectivity index (χ0n) is 15.2. The lowest BCUT2D eigenvalue weighted by atomic mass is 9.75. The van der Waals surface area contributed by atoms with Crippen LogP contribution in [0.3, 0.4) is 0 Å². The number of piperidine rings is 3. The maximum absolute atomic E-state index is 9.29. The van der Waals surface area contributed by atoms with Crippen molar-refractivity contribution < 1.29 is 0 Å². The summed E-state index contributed by atoms with van der Waals surface area (Å²) in [5, 5.41) is 9.29. The van der Waals surface area contributed by atoms with E-state index in [9.17, 15) is 5.26 Å². The number of aromatic nitrogens is 1. The number of pyridine rings is 1. The van der Waals surface area contributed by atoms with Crippen LogP contribution in [0.1, 0.15) is 35.4 Å². The predicted molar refractivity (Wildman–Crippen MR) is 102 cm³/mol. The molecule has 26 heavy (non-hydrogen) atoms. The Bertz CT molecular complexity index is 845. The van der Waals surface area contributed by atoms with Crippen molar-refractivity contribution in [1.82, 2.24) is 9.88 Å². The van der Waals surface area contributed by atoms with Crippen molar-refractivity contribution in [1.29, 1.82) is 5.26 Å². The molecule has 4 saturated heterocycles. The van der Waals surface area contributed by atoms with E-state index in [0.717, 1.165) is 18.3 Å². The molecule has 6 rings (SSSR count). The Morgan fingerprint density at radius 1 is 1.08 bits per heavy atom. The minimum atomic E-state index is 0.510. The highest BCUT2D eigenvalue weighted by Crippen LogP contribution is 2.47. The van der Waals surface area contributed by atoms with E-state index in [2.05, 4.69) is 52.0 Å². The molecule has 0 amide bonds. The van der Waals surface area contributed by atoms with Crippen LogP contribution in [0.2, 0.25) is 0 Å². The first kappa shape index (κ1) is 15.8. The minimum absolute atomic E-state index is 0.510. The molecule has 1 aromatic carbocycles. The monoisotopic (exact) mass is 344 g/mol. The minimum Gasteiger partial charge on any atom is -0.351 e. The molecule has 4 nitrogen and oxygen atoms in total. The summed E-state index contributed by atoms with van der Waals surface area (Å²) >= 11 is 0. The summed E-state index contributed by atoms with van der Waals surface area (Å²) in [6, 6.07) is 16.2. The molecule has 132 valence electrons. The molecule has 0 unspecified atom stereocenters. The predicted octanol–water partition coefficient (Wildman–Crippen LogP) is 3.33. The lowest BCUT2D eigenvalue weighted by molar-refractivity contribution is 0.0354. The van der Waals surface area contributed by atoms with Crippen LogP contribution < -0.4 is 4.90 Å². The number of aryl methyl sites for hydroxylation is 1. The van der Waals surface area contributed by atoms with E-state index in [-0.39, 0.29) is 0 Å². The van der Waals surface area contributed by atoms with Crippen molar-refractivity contribution in [3.63, 3.8) is 0 Å². The van der Waals surface area contributed by atoms with Crippen LogP contribution in [0.15, 0.2) is 42.6 Å². The number of hydrogen-bond donors (Lipinski definition) is 0. The fourth-order valence-corrected chi connectivity index (χ4v) is 5.43. The SMILES string of the molecule is Cc1ccc([C@@H]2CN(c3cc(C#N)ccn3)[C@H]3C4CCN(CC4)[C@@H]23)cc1. The van der Waals surface area contributed by atoms with E-state index in [4.69, 9.17) is 0 Å². The highest BCUT2D eigenvalue weighted by Gasteiger charge is 2.53. The van der Waals surface area contributed by atoms with Gasteiger partial charge in [0.1, 0.15) is 5.82 Å². The van der Waals surface area contributed by atoms with Crippen molar-refractivity contribution in [2.24, 2.45) is 5.92 Å².